The van der Waals surface area contributed by atoms with Crippen LogP contribution in [-0.2, 0) is 0 Å². The van der Waals surface area contributed by atoms with E-state index < -0.39 is 0 Å². The van der Waals surface area contributed by atoms with E-state index in [9.17, 15) is 0 Å². The highest BCUT2D eigenvalue weighted by atomic mass is 32.1. The number of rotatable bonds is 6. The van der Waals surface area contributed by atoms with Gasteiger partial charge in [0.15, 0.2) is 0 Å². The Hall–Kier alpha value is -6.52. The van der Waals surface area contributed by atoms with Crippen molar-refractivity contribution in [3.63, 3.8) is 0 Å². The Morgan fingerprint density at radius 3 is 1.31 bits per heavy atom. The van der Waals surface area contributed by atoms with Crippen molar-refractivity contribution in [3.05, 3.63) is 200 Å². The van der Waals surface area contributed by atoms with Crippen LogP contribution >= 0.6 is 22.7 Å². The summed E-state index contributed by atoms with van der Waals surface area (Å²) in [5.41, 5.74) is 10.7. The Morgan fingerprint density at radius 2 is 0.727 bits per heavy atom. The van der Waals surface area contributed by atoms with Gasteiger partial charge in [0.25, 0.3) is 0 Å². The summed E-state index contributed by atoms with van der Waals surface area (Å²) in [6, 6.07) is 73.0. The average molecular weight is 736 g/mol. The van der Waals surface area contributed by atoms with Crippen LogP contribution in [0.2, 0.25) is 0 Å². The molecular weight excluding hydrogens is 703 g/mol. The van der Waals surface area contributed by atoms with Gasteiger partial charge in [-0.3, -0.25) is 0 Å². The van der Waals surface area contributed by atoms with Crippen LogP contribution in [0.25, 0.3) is 84.5 Å². The first-order valence-corrected chi connectivity index (χ1v) is 20.3. The first-order chi connectivity index (χ1) is 27.3. The monoisotopic (exact) mass is 735 g/mol. The number of benzene rings is 9. The Bertz CT molecular complexity index is 3160. The zero-order valence-corrected chi connectivity index (χ0v) is 31.4. The molecule has 0 unspecified atom stereocenters. The van der Waals surface area contributed by atoms with E-state index in [1.807, 2.05) is 22.7 Å². The van der Waals surface area contributed by atoms with Gasteiger partial charge in [0.2, 0.25) is 0 Å². The lowest BCUT2D eigenvalue weighted by Gasteiger charge is -2.26. The molecule has 3 heteroatoms. The zero-order chi connectivity index (χ0) is 36.3. The SMILES string of the molecule is c1ccc(-c2ccc(-c3ccc(N(c4ccc(-c5ccccc5)cc4)c4cccc5c4sc4c5c5ccccc5c5sc6ccccc6c54)cc3)cc2)cc1. The van der Waals surface area contributed by atoms with E-state index in [-0.39, 0.29) is 0 Å². The van der Waals surface area contributed by atoms with E-state index in [0.717, 1.165) is 11.4 Å². The summed E-state index contributed by atoms with van der Waals surface area (Å²) in [5.74, 6) is 0. The van der Waals surface area contributed by atoms with E-state index in [2.05, 4.69) is 205 Å². The third-order valence-electron chi connectivity index (χ3n) is 10.9. The maximum atomic E-state index is 2.44. The van der Waals surface area contributed by atoms with Crippen LogP contribution in [0.15, 0.2) is 200 Å². The van der Waals surface area contributed by atoms with Crippen molar-refractivity contribution in [1.29, 1.82) is 0 Å². The van der Waals surface area contributed by atoms with Crippen molar-refractivity contribution in [2.45, 2.75) is 0 Å². The summed E-state index contributed by atoms with van der Waals surface area (Å²) in [5, 5.41) is 8.02. The van der Waals surface area contributed by atoms with Gasteiger partial charge in [0, 0.05) is 52.4 Å². The zero-order valence-electron chi connectivity index (χ0n) is 29.8. The molecule has 2 aromatic heterocycles. The topological polar surface area (TPSA) is 3.24 Å². The highest BCUT2D eigenvalue weighted by molar-refractivity contribution is 7.30. The molecule has 55 heavy (non-hydrogen) atoms. The predicted molar refractivity (Wildman–Crippen MR) is 241 cm³/mol. The fourth-order valence-corrected chi connectivity index (χ4v) is 10.9. The van der Waals surface area contributed by atoms with Crippen molar-refractivity contribution < 1.29 is 0 Å². The highest BCUT2D eigenvalue weighted by Crippen LogP contribution is 2.52. The number of nitrogens with zero attached hydrogens (tertiary/aromatic N) is 1. The number of anilines is 3. The standard InChI is InChI=1S/C52H33NS2/c1-3-12-34(13-4-1)36-22-24-37(25-23-36)39-28-32-41(33-29-39)53(40-30-26-38(27-31-40)35-14-5-2-6-15-35)46-20-11-19-45-48-42-16-7-8-17-43(42)51-49(52(48)55-50(45)46)44-18-9-10-21-47(44)54-51/h1-33H. The minimum absolute atomic E-state index is 1.12. The molecule has 9 aromatic carbocycles. The molecule has 0 atom stereocenters. The first kappa shape index (κ1) is 32.0. The van der Waals surface area contributed by atoms with E-state index in [1.54, 1.807) is 0 Å². The van der Waals surface area contributed by atoms with Crippen LogP contribution in [0.4, 0.5) is 17.1 Å². The number of fused-ring (bicyclic) bond motifs is 10. The second kappa shape index (κ2) is 13.1. The van der Waals surface area contributed by atoms with Crippen LogP contribution in [0.3, 0.4) is 0 Å². The molecule has 0 aliphatic heterocycles. The summed E-state index contributed by atoms with van der Waals surface area (Å²) in [7, 11) is 0. The minimum Gasteiger partial charge on any atom is -0.309 e. The molecule has 0 saturated heterocycles. The van der Waals surface area contributed by atoms with Gasteiger partial charge in [0.1, 0.15) is 0 Å². The number of thiophene rings is 2. The smallest absolute Gasteiger partial charge is 0.0640 e. The van der Waals surface area contributed by atoms with Crippen LogP contribution in [0, 0.1) is 0 Å². The third-order valence-corrected chi connectivity index (χ3v) is 13.3. The Morgan fingerprint density at radius 1 is 0.273 bits per heavy atom. The lowest BCUT2D eigenvalue weighted by Crippen LogP contribution is -2.10. The molecule has 2 heterocycles. The average Bonchev–Trinajstić information content (AvgIpc) is 3.85. The Balaban J connectivity index is 1.10. The lowest BCUT2D eigenvalue weighted by molar-refractivity contribution is 1.30. The van der Waals surface area contributed by atoms with Crippen LogP contribution in [0.5, 0.6) is 0 Å². The molecule has 0 bridgehead atoms. The van der Waals surface area contributed by atoms with E-state index in [1.165, 1.54) is 90.2 Å². The van der Waals surface area contributed by atoms with Crippen molar-refractivity contribution >= 4 is 90.9 Å². The van der Waals surface area contributed by atoms with Crippen LogP contribution in [0.1, 0.15) is 0 Å². The molecule has 0 fully saturated rings. The maximum absolute atomic E-state index is 2.44. The first-order valence-electron chi connectivity index (χ1n) is 18.7. The summed E-state index contributed by atoms with van der Waals surface area (Å²) in [6.45, 7) is 0. The summed E-state index contributed by atoms with van der Waals surface area (Å²) in [6.07, 6.45) is 0. The summed E-state index contributed by atoms with van der Waals surface area (Å²) >= 11 is 3.85. The van der Waals surface area contributed by atoms with E-state index in [0.29, 0.717) is 0 Å². The van der Waals surface area contributed by atoms with Crippen molar-refractivity contribution in [3.8, 4) is 33.4 Å². The van der Waals surface area contributed by atoms with Gasteiger partial charge in [-0.15, -0.1) is 22.7 Å². The van der Waals surface area contributed by atoms with Gasteiger partial charge in [-0.25, -0.2) is 0 Å². The summed E-state index contributed by atoms with van der Waals surface area (Å²) in [4.78, 5) is 2.44. The quantitative estimate of drug-likeness (QED) is 0.164. The minimum atomic E-state index is 1.12. The molecule has 0 amide bonds. The normalized spacial score (nSPS) is 11.6. The second-order valence-electron chi connectivity index (χ2n) is 14.0. The number of hydrogen-bond donors (Lipinski definition) is 0. The van der Waals surface area contributed by atoms with Crippen molar-refractivity contribution in [1.82, 2.24) is 0 Å². The largest absolute Gasteiger partial charge is 0.309 e. The van der Waals surface area contributed by atoms with Gasteiger partial charge in [-0.05, 0) is 75.2 Å². The molecule has 258 valence electrons. The molecule has 0 N–H and O–H groups in total. The molecule has 11 rings (SSSR count). The van der Waals surface area contributed by atoms with E-state index in [4.69, 9.17) is 0 Å². The molecule has 0 radical (unpaired) electrons. The van der Waals surface area contributed by atoms with Crippen molar-refractivity contribution in [2.75, 3.05) is 4.90 Å². The molecule has 1 nitrogen and oxygen atoms in total. The van der Waals surface area contributed by atoms with Gasteiger partial charge >= 0.3 is 0 Å². The molecule has 0 saturated carbocycles. The van der Waals surface area contributed by atoms with Gasteiger partial charge < -0.3 is 4.90 Å². The lowest BCUT2D eigenvalue weighted by atomic mass is 9.99. The Kier molecular flexibility index (Phi) is 7.61. The molecule has 0 aliphatic rings. The summed E-state index contributed by atoms with van der Waals surface area (Å²) < 4.78 is 5.36. The molecule has 0 aliphatic carbocycles. The maximum Gasteiger partial charge on any atom is 0.0640 e. The molecule has 11 aromatic rings. The molecular formula is C52H33NS2. The van der Waals surface area contributed by atoms with Gasteiger partial charge in [-0.1, -0.05) is 164 Å². The predicted octanol–water partition coefficient (Wildman–Crippen LogP) is 16.0. The fourth-order valence-electron chi connectivity index (χ4n) is 8.23. The van der Waals surface area contributed by atoms with Gasteiger partial charge in [0.05, 0.1) is 10.4 Å². The molecule has 0 spiro atoms. The van der Waals surface area contributed by atoms with Crippen LogP contribution < -0.4 is 4.90 Å². The van der Waals surface area contributed by atoms with Crippen molar-refractivity contribution in [2.24, 2.45) is 0 Å². The Labute approximate surface area is 327 Å². The number of hydrogen-bond acceptors (Lipinski definition) is 3. The second-order valence-corrected chi connectivity index (χ2v) is 16.1. The van der Waals surface area contributed by atoms with Gasteiger partial charge in [-0.2, -0.15) is 0 Å². The van der Waals surface area contributed by atoms with Crippen LogP contribution in [-0.4, -0.2) is 0 Å². The highest BCUT2D eigenvalue weighted by Gasteiger charge is 2.22. The fraction of sp³-hybridized carbons (Fsp3) is 0. The van der Waals surface area contributed by atoms with E-state index >= 15 is 0 Å². The third kappa shape index (κ3) is 5.35.